The van der Waals surface area contributed by atoms with Gasteiger partial charge in [0.2, 0.25) is 11.7 Å². The summed E-state index contributed by atoms with van der Waals surface area (Å²) in [4.78, 5) is 37.2. The van der Waals surface area contributed by atoms with Gasteiger partial charge in [0, 0.05) is 42.5 Å². The topological polar surface area (TPSA) is 87.8 Å². The van der Waals surface area contributed by atoms with Crippen molar-refractivity contribution in [3.8, 4) is 0 Å². The highest BCUT2D eigenvalue weighted by atomic mass is 16.5. The van der Waals surface area contributed by atoms with Crippen molar-refractivity contribution >= 4 is 28.9 Å². The summed E-state index contributed by atoms with van der Waals surface area (Å²) in [5.41, 5.74) is 1.47. The fourth-order valence-electron chi connectivity index (χ4n) is 3.95. The molecule has 0 aliphatic carbocycles. The van der Waals surface area contributed by atoms with Crippen molar-refractivity contribution in [1.29, 1.82) is 0 Å². The molecule has 4 rings (SSSR count). The van der Waals surface area contributed by atoms with E-state index in [-0.39, 0.29) is 17.9 Å². The van der Waals surface area contributed by atoms with Crippen molar-refractivity contribution in [1.82, 2.24) is 19.8 Å². The van der Waals surface area contributed by atoms with Crippen LogP contribution in [0, 0.1) is 0 Å². The molecule has 0 saturated carbocycles. The maximum Gasteiger partial charge on any atom is 0.347 e. The lowest BCUT2D eigenvalue weighted by molar-refractivity contribution is -0.139. The van der Waals surface area contributed by atoms with Crippen LogP contribution < -0.4 is 0 Å². The van der Waals surface area contributed by atoms with Crippen LogP contribution in [0.5, 0.6) is 0 Å². The molecule has 30 heavy (non-hydrogen) atoms. The second-order valence-corrected chi connectivity index (χ2v) is 7.67. The molecule has 0 radical (unpaired) electrons. The number of likely N-dealkylation sites (tertiary alicyclic amines) is 1. The average molecular weight is 410 g/mol. The van der Waals surface area contributed by atoms with E-state index in [1.807, 2.05) is 17.0 Å². The summed E-state index contributed by atoms with van der Waals surface area (Å²) < 4.78 is 11.1. The monoisotopic (exact) mass is 410 g/mol. The summed E-state index contributed by atoms with van der Waals surface area (Å²) in [7, 11) is 4.13. The van der Waals surface area contributed by atoms with Gasteiger partial charge in [-0.1, -0.05) is 0 Å². The van der Waals surface area contributed by atoms with Gasteiger partial charge >= 0.3 is 5.97 Å². The van der Waals surface area contributed by atoms with Gasteiger partial charge in [-0.05, 0) is 52.1 Å². The zero-order valence-corrected chi connectivity index (χ0v) is 17.5. The molecule has 4 heterocycles. The third kappa shape index (κ3) is 3.70. The summed E-state index contributed by atoms with van der Waals surface area (Å²) in [5.74, 6) is -0.667. The Morgan fingerprint density at radius 2 is 2.17 bits per heavy atom. The normalized spacial score (nSPS) is 19.3. The molecule has 8 heteroatoms. The number of aromatic amines is 1. The minimum Gasteiger partial charge on any atom is -0.462 e. The van der Waals surface area contributed by atoms with Crippen LogP contribution >= 0.6 is 0 Å². The minimum atomic E-state index is -0.642. The number of aromatic nitrogens is 2. The van der Waals surface area contributed by atoms with Gasteiger partial charge in [0.25, 0.3) is 0 Å². The van der Waals surface area contributed by atoms with E-state index in [1.54, 1.807) is 25.4 Å². The molecule has 0 unspecified atom stereocenters. The number of rotatable bonds is 5. The summed E-state index contributed by atoms with van der Waals surface area (Å²) >= 11 is 0. The smallest absolute Gasteiger partial charge is 0.347 e. The SMILES string of the molecule is CCOC(=O)C1=C(N2CCC(N(C)C)CC2)OC(=Cc2c[nH]c3ncccc23)C1=O. The lowest BCUT2D eigenvalue weighted by atomic mass is 10.0. The predicted octanol–water partition coefficient (Wildman–Crippen LogP) is 2.30. The number of piperidine rings is 1. The number of nitrogens with one attached hydrogen (secondary N) is 1. The predicted molar refractivity (Wildman–Crippen MR) is 112 cm³/mol. The first-order valence-electron chi connectivity index (χ1n) is 10.2. The quantitative estimate of drug-likeness (QED) is 0.460. The second kappa shape index (κ2) is 8.31. The molecule has 2 aromatic heterocycles. The summed E-state index contributed by atoms with van der Waals surface area (Å²) in [6, 6.07) is 4.22. The Bertz CT molecular complexity index is 1030. The number of Topliss-reactive ketones (excluding diaryl/α,β-unsaturated/α-hetero) is 1. The van der Waals surface area contributed by atoms with Crippen LogP contribution in [0.1, 0.15) is 25.3 Å². The first-order chi connectivity index (χ1) is 14.5. The molecule has 0 spiro atoms. The van der Waals surface area contributed by atoms with Gasteiger partial charge in [0.05, 0.1) is 6.61 Å². The Kier molecular flexibility index (Phi) is 5.59. The maximum atomic E-state index is 13.1. The minimum absolute atomic E-state index is 0.0237. The Balaban J connectivity index is 1.64. The number of hydrogen-bond donors (Lipinski definition) is 1. The number of carbonyl (C=O) groups excluding carboxylic acids is 2. The first kappa shape index (κ1) is 20.2. The summed E-state index contributed by atoms with van der Waals surface area (Å²) in [5, 5.41) is 0.874. The van der Waals surface area contributed by atoms with Crippen LogP contribution in [0.25, 0.3) is 17.1 Å². The Morgan fingerprint density at radius 3 is 2.87 bits per heavy atom. The van der Waals surface area contributed by atoms with Crippen LogP contribution in [0.4, 0.5) is 0 Å². The number of H-pyrrole nitrogens is 1. The number of allylic oxidation sites excluding steroid dienone is 1. The highest BCUT2D eigenvalue weighted by Gasteiger charge is 2.40. The van der Waals surface area contributed by atoms with Crippen LogP contribution in [0.3, 0.4) is 0 Å². The van der Waals surface area contributed by atoms with Gasteiger partial charge in [-0.2, -0.15) is 0 Å². The molecule has 8 nitrogen and oxygen atoms in total. The van der Waals surface area contributed by atoms with E-state index in [0.29, 0.717) is 25.0 Å². The van der Waals surface area contributed by atoms with E-state index in [1.165, 1.54) is 0 Å². The number of carbonyl (C=O) groups is 2. The van der Waals surface area contributed by atoms with Gasteiger partial charge in [0.1, 0.15) is 5.65 Å². The van der Waals surface area contributed by atoms with Crippen LogP contribution in [-0.4, -0.2) is 71.4 Å². The van der Waals surface area contributed by atoms with Crippen molar-refractivity contribution in [3.05, 3.63) is 47.3 Å². The number of fused-ring (bicyclic) bond motifs is 1. The fraction of sp³-hybridized carbons (Fsp3) is 0.409. The average Bonchev–Trinajstić information content (AvgIpc) is 3.30. The molecule has 158 valence electrons. The Labute approximate surface area is 175 Å². The number of ketones is 1. The van der Waals surface area contributed by atoms with Crippen LogP contribution in [-0.2, 0) is 19.1 Å². The first-order valence-corrected chi connectivity index (χ1v) is 10.2. The zero-order valence-electron chi connectivity index (χ0n) is 17.5. The van der Waals surface area contributed by atoms with Crippen molar-refractivity contribution < 1.29 is 19.1 Å². The molecule has 2 aromatic rings. The van der Waals surface area contributed by atoms with Gasteiger partial charge in [0.15, 0.2) is 11.3 Å². The molecule has 0 amide bonds. The third-order valence-electron chi connectivity index (χ3n) is 5.60. The van der Waals surface area contributed by atoms with Crippen molar-refractivity contribution in [2.75, 3.05) is 33.8 Å². The standard InChI is InChI=1S/C22H26N4O4/c1-4-29-22(28)18-19(27)17(12-14-13-24-20-16(14)6-5-9-23-20)30-21(18)26-10-7-15(8-11-26)25(2)3/h5-6,9,12-13,15H,4,7-8,10-11H2,1-3H3,(H,23,24). The van der Waals surface area contributed by atoms with E-state index in [0.717, 1.165) is 29.4 Å². The molecule has 0 bridgehead atoms. The third-order valence-corrected chi connectivity index (χ3v) is 5.60. The largest absolute Gasteiger partial charge is 0.462 e. The van der Waals surface area contributed by atoms with E-state index < -0.39 is 11.8 Å². The lowest BCUT2D eigenvalue weighted by Crippen LogP contribution is -2.42. The van der Waals surface area contributed by atoms with Gasteiger partial charge in [-0.3, -0.25) is 4.79 Å². The molecule has 0 atom stereocenters. The van der Waals surface area contributed by atoms with E-state index in [2.05, 4.69) is 29.0 Å². The number of esters is 1. The van der Waals surface area contributed by atoms with Crippen LogP contribution in [0.15, 0.2) is 41.7 Å². The molecular formula is C22H26N4O4. The van der Waals surface area contributed by atoms with E-state index in [9.17, 15) is 9.59 Å². The summed E-state index contributed by atoms with van der Waals surface area (Å²) in [6.07, 6.45) is 6.98. The zero-order chi connectivity index (χ0) is 21.3. The van der Waals surface area contributed by atoms with Gasteiger partial charge in [-0.25, -0.2) is 9.78 Å². The Hall–Kier alpha value is -3.13. The van der Waals surface area contributed by atoms with Gasteiger partial charge in [-0.15, -0.1) is 0 Å². The molecule has 1 fully saturated rings. The molecule has 1 saturated heterocycles. The number of ether oxygens (including phenoxy) is 2. The maximum absolute atomic E-state index is 13.1. The van der Waals surface area contributed by atoms with Gasteiger partial charge < -0.3 is 24.3 Å². The molecule has 0 aromatic carbocycles. The number of hydrogen-bond acceptors (Lipinski definition) is 7. The Morgan fingerprint density at radius 1 is 1.40 bits per heavy atom. The van der Waals surface area contributed by atoms with E-state index in [4.69, 9.17) is 9.47 Å². The fourth-order valence-corrected chi connectivity index (χ4v) is 3.95. The molecule has 1 N–H and O–H groups in total. The molecular weight excluding hydrogens is 384 g/mol. The van der Waals surface area contributed by atoms with Crippen molar-refractivity contribution in [2.45, 2.75) is 25.8 Å². The molecule has 2 aliphatic rings. The number of nitrogens with zero attached hydrogens (tertiary/aromatic N) is 3. The summed E-state index contributed by atoms with van der Waals surface area (Å²) in [6.45, 7) is 3.33. The van der Waals surface area contributed by atoms with E-state index >= 15 is 0 Å². The van der Waals surface area contributed by atoms with Crippen molar-refractivity contribution in [3.63, 3.8) is 0 Å². The second-order valence-electron chi connectivity index (χ2n) is 7.67. The highest BCUT2D eigenvalue weighted by molar-refractivity contribution is 6.26. The lowest BCUT2D eigenvalue weighted by Gasteiger charge is -2.36. The van der Waals surface area contributed by atoms with Crippen LogP contribution in [0.2, 0.25) is 0 Å². The highest BCUT2D eigenvalue weighted by Crippen LogP contribution is 2.33. The molecule has 2 aliphatic heterocycles. The van der Waals surface area contributed by atoms with Crippen molar-refractivity contribution in [2.24, 2.45) is 0 Å². The number of pyridine rings is 1.